The van der Waals surface area contributed by atoms with Crippen LogP contribution in [0.5, 0.6) is 0 Å². The summed E-state index contributed by atoms with van der Waals surface area (Å²) in [4.78, 5) is 10.2. The molecule has 13 heavy (non-hydrogen) atoms. The van der Waals surface area contributed by atoms with Gasteiger partial charge in [-0.25, -0.2) is 4.79 Å². The van der Waals surface area contributed by atoms with Crippen LogP contribution in [0.2, 0.25) is 0 Å². The predicted octanol–water partition coefficient (Wildman–Crippen LogP) is 2.86. The fraction of sp³-hybridized carbons (Fsp3) is 0.900. The van der Waals surface area contributed by atoms with Crippen molar-refractivity contribution >= 4 is 6.09 Å². The molecule has 1 amide bonds. The highest BCUT2D eigenvalue weighted by atomic mass is 16.4. The molecule has 0 aromatic carbocycles. The molecule has 0 fully saturated rings. The van der Waals surface area contributed by atoms with E-state index < -0.39 is 6.09 Å². The van der Waals surface area contributed by atoms with E-state index in [1.54, 1.807) is 0 Å². The molecule has 0 radical (unpaired) electrons. The zero-order chi connectivity index (χ0) is 10.1. The van der Waals surface area contributed by atoms with E-state index in [9.17, 15) is 4.79 Å². The summed E-state index contributed by atoms with van der Waals surface area (Å²) in [6.07, 6.45) is 5.24. The highest BCUT2D eigenvalue weighted by Crippen LogP contribution is 2.09. The molecule has 1 atom stereocenters. The molecule has 78 valence electrons. The lowest BCUT2D eigenvalue weighted by Gasteiger charge is -2.10. The van der Waals surface area contributed by atoms with Crippen LogP contribution < -0.4 is 5.32 Å². The van der Waals surface area contributed by atoms with Crippen molar-refractivity contribution in [3.05, 3.63) is 0 Å². The first-order valence-electron chi connectivity index (χ1n) is 5.13. The number of amides is 1. The monoisotopic (exact) mass is 187 g/mol. The molecule has 0 aliphatic rings. The van der Waals surface area contributed by atoms with Crippen molar-refractivity contribution in [3.8, 4) is 0 Å². The normalized spacial score (nSPS) is 12.5. The van der Waals surface area contributed by atoms with E-state index in [2.05, 4.69) is 19.2 Å². The molecule has 2 N–H and O–H groups in total. The summed E-state index contributed by atoms with van der Waals surface area (Å²) in [6, 6.07) is 0. The second-order valence-corrected chi connectivity index (χ2v) is 3.64. The second kappa shape index (κ2) is 7.90. The lowest BCUT2D eigenvalue weighted by Crippen LogP contribution is -2.26. The number of hydrogen-bond acceptors (Lipinski definition) is 1. The van der Waals surface area contributed by atoms with Crippen molar-refractivity contribution in [3.63, 3.8) is 0 Å². The quantitative estimate of drug-likeness (QED) is 0.602. The second-order valence-electron chi connectivity index (χ2n) is 3.64. The zero-order valence-corrected chi connectivity index (χ0v) is 8.68. The van der Waals surface area contributed by atoms with Gasteiger partial charge in [-0.3, -0.25) is 0 Å². The molecule has 1 unspecified atom stereocenters. The molecule has 0 bridgehead atoms. The summed E-state index contributed by atoms with van der Waals surface area (Å²) in [7, 11) is 0. The van der Waals surface area contributed by atoms with Gasteiger partial charge >= 0.3 is 6.09 Å². The molecular formula is C10H21NO2. The zero-order valence-electron chi connectivity index (χ0n) is 8.68. The van der Waals surface area contributed by atoms with Gasteiger partial charge in [-0.15, -0.1) is 0 Å². The highest BCUT2D eigenvalue weighted by Gasteiger charge is 2.02. The van der Waals surface area contributed by atoms with Crippen LogP contribution >= 0.6 is 0 Å². The van der Waals surface area contributed by atoms with Crippen LogP contribution in [0, 0.1) is 5.92 Å². The Labute approximate surface area is 80.5 Å². The van der Waals surface area contributed by atoms with Crippen LogP contribution in [0.25, 0.3) is 0 Å². The van der Waals surface area contributed by atoms with Gasteiger partial charge in [0.05, 0.1) is 0 Å². The van der Waals surface area contributed by atoms with E-state index in [4.69, 9.17) is 5.11 Å². The lowest BCUT2D eigenvalue weighted by molar-refractivity contribution is 0.192. The maximum Gasteiger partial charge on any atom is 0.404 e. The van der Waals surface area contributed by atoms with Crippen LogP contribution in [-0.2, 0) is 0 Å². The van der Waals surface area contributed by atoms with Gasteiger partial charge < -0.3 is 10.4 Å². The molecule has 0 heterocycles. The predicted molar refractivity (Wildman–Crippen MR) is 54.0 cm³/mol. The van der Waals surface area contributed by atoms with E-state index in [0.717, 1.165) is 6.42 Å². The molecule has 3 nitrogen and oxygen atoms in total. The van der Waals surface area contributed by atoms with Crippen molar-refractivity contribution < 1.29 is 9.90 Å². The number of nitrogens with one attached hydrogen (secondary N) is 1. The Morgan fingerprint density at radius 1 is 1.38 bits per heavy atom. The van der Waals surface area contributed by atoms with Crippen molar-refractivity contribution in [2.75, 3.05) is 6.54 Å². The molecule has 0 saturated heterocycles. The molecule has 0 saturated carbocycles. The van der Waals surface area contributed by atoms with Gasteiger partial charge in [-0.2, -0.15) is 0 Å². The number of unbranched alkanes of at least 4 members (excludes halogenated alkanes) is 3. The highest BCUT2D eigenvalue weighted by molar-refractivity contribution is 5.64. The molecular weight excluding hydrogens is 166 g/mol. The van der Waals surface area contributed by atoms with E-state index >= 15 is 0 Å². The molecule has 0 aliphatic heterocycles. The third kappa shape index (κ3) is 9.18. The van der Waals surface area contributed by atoms with E-state index in [-0.39, 0.29) is 0 Å². The first-order valence-corrected chi connectivity index (χ1v) is 5.13. The Morgan fingerprint density at radius 3 is 2.62 bits per heavy atom. The van der Waals surface area contributed by atoms with Crippen LogP contribution in [0.15, 0.2) is 0 Å². The van der Waals surface area contributed by atoms with Crippen molar-refractivity contribution in [1.29, 1.82) is 0 Å². The van der Waals surface area contributed by atoms with Crippen molar-refractivity contribution in [2.24, 2.45) is 5.92 Å². The minimum atomic E-state index is -0.916. The van der Waals surface area contributed by atoms with E-state index in [1.165, 1.54) is 25.7 Å². The number of rotatable bonds is 7. The Hall–Kier alpha value is -0.730. The van der Waals surface area contributed by atoms with Gasteiger partial charge in [-0.1, -0.05) is 39.5 Å². The van der Waals surface area contributed by atoms with Crippen LogP contribution in [0.4, 0.5) is 4.79 Å². The minimum Gasteiger partial charge on any atom is -0.465 e. The average molecular weight is 187 g/mol. The van der Waals surface area contributed by atoms with E-state index in [1.807, 2.05) is 0 Å². The summed E-state index contributed by atoms with van der Waals surface area (Å²) in [5.41, 5.74) is 0. The summed E-state index contributed by atoms with van der Waals surface area (Å²) in [6.45, 7) is 4.86. The number of carboxylic acid groups (broad SMARTS) is 1. The Balaban J connectivity index is 3.19. The first-order chi connectivity index (χ1) is 6.16. The van der Waals surface area contributed by atoms with Gasteiger partial charge in [0.25, 0.3) is 0 Å². The molecule has 0 aliphatic carbocycles. The molecule has 0 aromatic heterocycles. The standard InChI is InChI=1S/C10H21NO2/c1-3-4-5-6-7-9(2)8-11-10(12)13/h9,11H,3-8H2,1-2H3,(H,12,13). The first kappa shape index (κ1) is 12.3. The Kier molecular flexibility index (Phi) is 7.45. The van der Waals surface area contributed by atoms with Gasteiger partial charge in [-0.05, 0) is 12.3 Å². The maximum absolute atomic E-state index is 10.2. The number of carbonyl (C=O) groups is 1. The van der Waals surface area contributed by atoms with Gasteiger partial charge in [0.1, 0.15) is 0 Å². The van der Waals surface area contributed by atoms with Gasteiger partial charge in [0, 0.05) is 6.54 Å². The van der Waals surface area contributed by atoms with Crippen LogP contribution in [-0.4, -0.2) is 17.7 Å². The van der Waals surface area contributed by atoms with Crippen molar-refractivity contribution in [1.82, 2.24) is 5.32 Å². The summed E-state index contributed by atoms with van der Waals surface area (Å²) in [5, 5.41) is 10.8. The Bertz CT molecular complexity index is 137. The summed E-state index contributed by atoms with van der Waals surface area (Å²) in [5.74, 6) is 0.466. The minimum absolute atomic E-state index is 0.466. The largest absolute Gasteiger partial charge is 0.465 e. The summed E-state index contributed by atoms with van der Waals surface area (Å²) >= 11 is 0. The topological polar surface area (TPSA) is 49.3 Å². The lowest BCUT2D eigenvalue weighted by atomic mass is 10.0. The van der Waals surface area contributed by atoms with Crippen molar-refractivity contribution in [2.45, 2.75) is 46.0 Å². The van der Waals surface area contributed by atoms with Gasteiger partial charge in [0.15, 0.2) is 0 Å². The molecule has 3 heteroatoms. The number of hydrogen-bond donors (Lipinski definition) is 2. The SMILES string of the molecule is CCCCCCC(C)CNC(=O)O. The third-order valence-corrected chi connectivity index (χ3v) is 2.15. The molecule has 0 rings (SSSR count). The molecule has 0 spiro atoms. The average Bonchev–Trinajstić information content (AvgIpc) is 2.09. The summed E-state index contributed by atoms with van der Waals surface area (Å²) < 4.78 is 0. The fourth-order valence-corrected chi connectivity index (χ4v) is 1.28. The maximum atomic E-state index is 10.2. The third-order valence-electron chi connectivity index (χ3n) is 2.15. The van der Waals surface area contributed by atoms with Crippen LogP contribution in [0.3, 0.4) is 0 Å². The smallest absolute Gasteiger partial charge is 0.404 e. The van der Waals surface area contributed by atoms with E-state index in [0.29, 0.717) is 12.5 Å². The van der Waals surface area contributed by atoms with Crippen LogP contribution in [0.1, 0.15) is 46.0 Å². The van der Waals surface area contributed by atoms with Gasteiger partial charge in [0.2, 0.25) is 0 Å². The molecule has 0 aromatic rings. The Morgan fingerprint density at radius 2 is 2.08 bits per heavy atom. The fourth-order valence-electron chi connectivity index (χ4n) is 1.28.